The largest absolute Gasteiger partial charge is 0.444 e. The number of allylic oxidation sites excluding steroid dienone is 4. The Morgan fingerprint density at radius 1 is 1.26 bits per heavy atom. The van der Waals surface area contributed by atoms with Crippen LogP contribution < -0.4 is 5.32 Å². The first-order valence-electron chi connectivity index (χ1n) is 13.6. The molecule has 3 N–H and O–H groups in total. The van der Waals surface area contributed by atoms with Gasteiger partial charge in [0.15, 0.2) is 0 Å². The van der Waals surface area contributed by atoms with E-state index in [1.807, 2.05) is 39.0 Å². The number of amides is 2. The lowest BCUT2D eigenvalue weighted by atomic mass is 10.0. The van der Waals surface area contributed by atoms with Crippen LogP contribution in [0.15, 0.2) is 47.3 Å². The predicted molar refractivity (Wildman–Crippen MR) is 149 cm³/mol. The van der Waals surface area contributed by atoms with Gasteiger partial charge in [-0.25, -0.2) is 4.79 Å². The van der Waals surface area contributed by atoms with E-state index in [0.717, 1.165) is 35.1 Å². The summed E-state index contributed by atoms with van der Waals surface area (Å²) >= 11 is 0. The minimum absolute atomic E-state index is 0.198. The van der Waals surface area contributed by atoms with Crippen LogP contribution in [0.5, 0.6) is 0 Å². The summed E-state index contributed by atoms with van der Waals surface area (Å²) in [5, 5.41) is 19.4. The Bertz CT molecular complexity index is 1230. The highest BCUT2D eigenvalue weighted by molar-refractivity contribution is 6.07. The van der Waals surface area contributed by atoms with Crippen molar-refractivity contribution in [2.24, 2.45) is 0 Å². The molecule has 10 nitrogen and oxygen atoms in total. The molecule has 0 radical (unpaired) electrons. The third-order valence-corrected chi connectivity index (χ3v) is 7.35. The SMILES string of the molecule is CC/C(C)=C(/C=C\C=C(/C)C(=N)N1CCCC1=N)NC(=O)c1cc2c(cn1)CCN(C(=O)OC1CCOC1)C2. The topological polar surface area (TPSA) is 132 Å². The van der Waals surface area contributed by atoms with Crippen LogP contribution in [0.1, 0.15) is 68.1 Å². The maximum Gasteiger partial charge on any atom is 0.410 e. The first-order valence-corrected chi connectivity index (χ1v) is 13.6. The van der Waals surface area contributed by atoms with Crippen molar-refractivity contribution < 1.29 is 19.1 Å². The van der Waals surface area contributed by atoms with Gasteiger partial charge in [-0.1, -0.05) is 19.1 Å². The normalized spacial score (nSPS) is 20.2. The van der Waals surface area contributed by atoms with Crippen LogP contribution in [0.4, 0.5) is 4.79 Å². The highest BCUT2D eigenvalue weighted by atomic mass is 16.6. The summed E-state index contributed by atoms with van der Waals surface area (Å²) in [7, 11) is 0. The van der Waals surface area contributed by atoms with Gasteiger partial charge in [-0.3, -0.25) is 20.6 Å². The number of nitrogens with zero attached hydrogens (tertiary/aromatic N) is 3. The molecule has 2 amide bonds. The van der Waals surface area contributed by atoms with Crippen molar-refractivity contribution in [3.05, 3.63) is 64.2 Å². The number of rotatable bonds is 7. The van der Waals surface area contributed by atoms with E-state index in [-0.39, 0.29) is 23.8 Å². The number of fused-ring (bicyclic) bond motifs is 1. The molecule has 3 aliphatic heterocycles. The first-order chi connectivity index (χ1) is 18.8. The second-order valence-corrected chi connectivity index (χ2v) is 10.1. The number of hydrogen-bond acceptors (Lipinski definition) is 7. The molecule has 1 atom stereocenters. The molecule has 1 aromatic heterocycles. The molecule has 2 fully saturated rings. The van der Waals surface area contributed by atoms with Gasteiger partial charge in [-0.05, 0) is 67.5 Å². The number of carbonyl (C=O) groups is 2. The fourth-order valence-corrected chi connectivity index (χ4v) is 4.71. The van der Waals surface area contributed by atoms with Gasteiger partial charge >= 0.3 is 6.09 Å². The van der Waals surface area contributed by atoms with Crippen molar-refractivity contribution in [1.82, 2.24) is 20.1 Å². The van der Waals surface area contributed by atoms with Gasteiger partial charge in [0.1, 0.15) is 23.5 Å². The number of nitrogens with one attached hydrogen (secondary N) is 3. The molecule has 4 heterocycles. The zero-order valence-electron chi connectivity index (χ0n) is 23.0. The molecule has 0 spiro atoms. The highest BCUT2D eigenvalue weighted by Crippen LogP contribution is 2.21. The van der Waals surface area contributed by atoms with Crippen molar-refractivity contribution in [3.8, 4) is 0 Å². The maximum atomic E-state index is 13.2. The van der Waals surface area contributed by atoms with E-state index in [2.05, 4.69) is 10.3 Å². The van der Waals surface area contributed by atoms with Gasteiger partial charge < -0.3 is 24.6 Å². The molecule has 0 aliphatic carbocycles. The Hall–Kier alpha value is -3.79. The average molecular weight is 535 g/mol. The minimum atomic E-state index is -0.356. The van der Waals surface area contributed by atoms with Crippen molar-refractivity contribution in [2.45, 2.75) is 65.5 Å². The van der Waals surface area contributed by atoms with Crippen LogP contribution in [0, 0.1) is 10.8 Å². The predicted octanol–water partition coefficient (Wildman–Crippen LogP) is 4.33. The van der Waals surface area contributed by atoms with Crippen LogP contribution in [0.3, 0.4) is 0 Å². The molecule has 0 saturated carbocycles. The monoisotopic (exact) mass is 534 g/mol. The molecule has 208 valence electrons. The standard InChI is InChI=1S/C29H38N6O4/c1-4-19(2)24(8-5-7-20(3)27(31)35-12-6-9-26(35)30)33-28(36)25-15-22-17-34(13-10-21(22)16-32-25)29(37)39-23-11-14-38-18-23/h5,7-8,15-16,23,30-31H,4,6,9-14,17-18H2,1-3H3,(H,33,36)/b8-5-,20-7+,24-19-,30-26?,31-27?. The summed E-state index contributed by atoms with van der Waals surface area (Å²) in [6.45, 7) is 8.49. The molecular weight excluding hydrogens is 496 g/mol. The number of pyridine rings is 1. The molecule has 1 aromatic rings. The fraction of sp³-hybridized carbons (Fsp3) is 0.483. The van der Waals surface area contributed by atoms with Crippen LogP contribution in [-0.2, 0) is 22.4 Å². The zero-order chi connectivity index (χ0) is 27.9. The van der Waals surface area contributed by atoms with E-state index in [4.69, 9.17) is 20.3 Å². The number of ether oxygens (including phenoxy) is 2. The van der Waals surface area contributed by atoms with E-state index in [0.29, 0.717) is 69.5 Å². The molecular formula is C29H38N6O4. The Morgan fingerprint density at radius 3 is 2.77 bits per heavy atom. The second-order valence-electron chi connectivity index (χ2n) is 10.1. The summed E-state index contributed by atoms with van der Waals surface area (Å²) in [5.74, 6) is 0.482. The smallest absolute Gasteiger partial charge is 0.410 e. The third kappa shape index (κ3) is 7.00. The Morgan fingerprint density at radius 2 is 2.08 bits per heavy atom. The number of amidine groups is 2. The van der Waals surface area contributed by atoms with Crippen molar-refractivity contribution in [1.29, 1.82) is 10.8 Å². The van der Waals surface area contributed by atoms with Gasteiger partial charge in [0.2, 0.25) is 0 Å². The molecule has 0 bridgehead atoms. The minimum Gasteiger partial charge on any atom is -0.444 e. The van der Waals surface area contributed by atoms with Gasteiger partial charge in [0, 0.05) is 44.4 Å². The van der Waals surface area contributed by atoms with Crippen LogP contribution in [0.25, 0.3) is 0 Å². The summed E-state index contributed by atoms with van der Waals surface area (Å²) in [6.07, 6.45) is 10.4. The third-order valence-electron chi connectivity index (χ3n) is 7.35. The van der Waals surface area contributed by atoms with Crippen molar-refractivity contribution in [3.63, 3.8) is 0 Å². The van der Waals surface area contributed by atoms with Gasteiger partial charge in [-0.2, -0.15) is 0 Å². The number of hydrogen-bond donors (Lipinski definition) is 3. The summed E-state index contributed by atoms with van der Waals surface area (Å²) in [5.41, 5.74) is 4.62. The fourth-order valence-electron chi connectivity index (χ4n) is 4.71. The van der Waals surface area contributed by atoms with Gasteiger partial charge in [0.05, 0.1) is 13.2 Å². The molecule has 4 rings (SSSR count). The van der Waals surface area contributed by atoms with Crippen LogP contribution in [-0.4, -0.2) is 70.9 Å². The summed E-state index contributed by atoms with van der Waals surface area (Å²) < 4.78 is 10.9. The molecule has 0 aromatic carbocycles. The lowest BCUT2D eigenvalue weighted by molar-refractivity contribution is 0.0516. The quantitative estimate of drug-likeness (QED) is 0.271. The molecule has 2 saturated heterocycles. The lowest BCUT2D eigenvalue weighted by Crippen LogP contribution is -2.38. The van der Waals surface area contributed by atoms with Crippen LogP contribution >= 0.6 is 0 Å². The van der Waals surface area contributed by atoms with E-state index >= 15 is 0 Å². The second kappa shape index (κ2) is 12.8. The van der Waals surface area contributed by atoms with E-state index in [9.17, 15) is 9.59 Å². The van der Waals surface area contributed by atoms with Crippen molar-refractivity contribution >= 4 is 23.7 Å². The van der Waals surface area contributed by atoms with Gasteiger partial charge in [0.25, 0.3) is 5.91 Å². The Kier molecular flexibility index (Phi) is 9.29. The van der Waals surface area contributed by atoms with Gasteiger partial charge in [-0.15, -0.1) is 0 Å². The van der Waals surface area contributed by atoms with E-state index < -0.39 is 0 Å². The summed E-state index contributed by atoms with van der Waals surface area (Å²) in [4.78, 5) is 33.6. The van der Waals surface area contributed by atoms with E-state index in [1.165, 1.54) is 0 Å². The van der Waals surface area contributed by atoms with Crippen molar-refractivity contribution in [2.75, 3.05) is 26.3 Å². The number of carbonyl (C=O) groups excluding carboxylic acids is 2. The number of likely N-dealkylation sites (tertiary alicyclic amines) is 1. The van der Waals surface area contributed by atoms with Crippen LogP contribution in [0.2, 0.25) is 0 Å². The molecule has 10 heteroatoms. The lowest BCUT2D eigenvalue weighted by Gasteiger charge is -2.29. The average Bonchev–Trinajstić information content (AvgIpc) is 3.62. The first kappa shape index (κ1) is 28.2. The highest BCUT2D eigenvalue weighted by Gasteiger charge is 2.27. The number of aromatic nitrogens is 1. The summed E-state index contributed by atoms with van der Waals surface area (Å²) in [6, 6.07) is 1.75. The zero-order valence-corrected chi connectivity index (χ0v) is 23.0. The van der Waals surface area contributed by atoms with E-state index in [1.54, 1.807) is 22.1 Å². The molecule has 3 aliphatic rings. The Labute approximate surface area is 229 Å². The maximum absolute atomic E-state index is 13.2. The molecule has 39 heavy (non-hydrogen) atoms. The Balaban J connectivity index is 1.41. The molecule has 1 unspecified atom stereocenters.